The molecule has 0 aromatic rings. The number of ether oxygens (including phenoxy) is 1. The highest BCUT2D eigenvalue weighted by Gasteiger charge is 2.35. The lowest BCUT2D eigenvalue weighted by atomic mass is 10.0. The van der Waals surface area contributed by atoms with Crippen LogP contribution in [0.25, 0.3) is 0 Å². The fraction of sp³-hybridized carbons (Fsp3) is 0.889. The number of hydrogen-bond donors (Lipinski definition) is 1. The maximum Gasteiger partial charge on any atom is 0.323 e. The van der Waals surface area contributed by atoms with Crippen molar-refractivity contribution in [2.45, 2.75) is 19.4 Å². The molecule has 1 aliphatic heterocycles. The quantitative estimate of drug-likeness (QED) is 0.622. The second-order valence-electron chi connectivity index (χ2n) is 3.61. The van der Waals surface area contributed by atoms with E-state index in [0.717, 1.165) is 19.5 Å². The topological polar surface area (TPSA) is 49.8 Å². The summed E-state index contributed by atoms with van der Waals surface area (Å²) in [4.78, 5) is 13.2. The molecule has 0 spiro atoms. The van der Waals surface area contributed by atoms with Crippen LogP contribution in [-0.2, 0) is 9.53 Å². The zero-order valence-electron chi connectivity index (χ0n) is 8.19. The predicted octanol–water partition coefficient (Wildman–Crippen LogP) is -0.138. The lowest BCUT2D eigenvalue weighted by molar-refractivity contribution is -0.152. The Hall–Kier alpha value is -0.610. The number of aliphatic hydroxyl groups is 1. The molecule has 1 aliphatic rings. The summed E-state index contributed by atoms with van der Waals surface area (Å²) < 4.78 is 4.66. The van der Waals surface area contributed by atoms with Crippen LogP contribution in [0.4, 0.5) is 0 Å². The molecule has 0 amide bonds. The van der Waals surface area contributed by atoms with Crippen molar-refractivity contribution in [3.05, 3.63) is 0 Å². The molecule has 1 saturated heterocycles. The maximum absolute atomic E-state index is 11.1. The van der Waals surface area contributed by atoms with Gasteiger partial charge in [0.1, 0.15) is 6.04 Å². The highest BCUT2D eigenvalue weighted by atomic mass is 16.5. The number of carbonyl (C=O) groups excluding carboxylic acids is 1. The average Bonchev–Trinajstić information content (AvgIpc) is 2.11. The molecule has 1 heterocycles. The number of esters is 1. The first-order valence-corrected chi connectivity index (χ1v) is 4.61. The van der Waals surface area contributed by atoms with Crippen molar-refractivity contribution in [2.24, 2.45) is 5.92 Å². The Morgan fingerprint density at radius 3 is 2.85 bits per heavy atom. The van der Waals surface area contributed by atoms with Crippen molar-refractivity contribution >= 4 is 5.97 Å². The van der Waals surface area contributed by atoms with Crippen LogP contribution in [0.15, 0.2) is 0 Å². The van der Waals surface area contributed by atoms with Crippen molar-refractivity contribution in [3.63, 3.8) is 0 Å². The summed E-state index contributed by atoms with van der Waals surface area (Å²) in [6.45, 7) is 3.84. The molecule has 1 N–H and O–H groups in total. The van der Waals surface area contributed by atoms with Crippen LogP contribution in [-0.4, -0.2) is 48.8 Å². The second-order valence-corrected chi connectivity index (χ2v) is 3.61. The van der Waals surface area contributed by atoms with Gasteiger partial charge in [-0.25, -0.2) is 0 Å². The fourth-order valence-corrected chi connectivity index (χ4v) is 1.52. The molecule has 2 unspecified atom stereocenters. The summed E-state index contributed by atoms with van der Waals surface area (Å²) in [6.07, 6.45) is 0.880. The van der Waals surface area contributed by atoms with E-state index < -0.39 is 0 Å². The number of nitrogens with zero attached hydrogens (tertiary/aromatic N) is 1. The van der Waals surface area contributed by atoms with Gasteiger partial charge in [-0.1, -0.05) is 6.92 Å². The van der Waals surface area contributed by atoms with Crippen molar-refractivity contribution in [1.82, 2.24) is 4.90 Å². The number of likely N-dealkylation sites (tertiary alicyclic amines) is 1. The molecule has 1 rings (SSSR count). The van der Waals surface area contributed by atoms with Crippen molar-refractivity contribution in [3.8, 4) is 0 Å². The molecule has 0 aromatic heterocycles. The molecule has 2 atom stereocenters. The SMILES string of the molecule is COC(=O)C1CCN1CC(C)CO. The highest BCUT2D eigenvalue weighted by Crippen LogP contribution is 2.19. The van der Waals surface area contributed by atoms with Crippen molar-refractivity contribution in [1.29, 1.82) is 0 Å². The van der Waals surface area contributed by atoms with E-state index in [1.165, 1.54) is 7.11 Å². The average molecular weight is 187 g/mol. The number of carbonyl (C=O) groups is 1. The first-order valence-electron chi connectivity index (χ1n) is 4.61. The van der Waals surface area contributed by atoms with Gasteiger partial charge in [0.2, 0.25) is 0 Å². The van der Waals surface area contributed by atoms with E-state index in [0.29, 0.717) is 0 Å². The number of hydrogen-bond acceptors (Lipinski definition) is 4. The molecule has 0 radical (unpaired) electrons. The van der Waals surface area contributed by atoms with Gasteiger partial charge in [0.15, 0.2) is 0 Å². The number of rotatable bonds is 4. The summed E-state index contributed by atoms with van der Waals surface area (Å²) in [5.41, 5.74) is 0. The first-order chi connectivity index (χ1) is 6.19. The van der Waals surface area contributed by atoms with Gasteiger partial charge in [-0.15, -0.1) is 0 Å². The van der Waals surface area contributed by atoms with Gasteiger partial charge < -0.3 is 9.84 Å². The lowest BCUT2D eigenvalue weighted by Gasteiger charge is -2.39. The van der Waals surface area contributed by atoms with Crippen molar-refractivity contribution < 1.29 is 14.6 Å². The van der Waals surface area contributed by atoms with E-state index in [2.05, 4.69) is 4.74 Å². The normalized spacial score (nSPS) is 25.0. The third kappa shape index (κ3) is 2.42. The number of aliphatic hydroxyl groups excluding tert-OH is 1. The van der Waals surface area contributed by atoms with Crippen LogP contribution in [0.1, 0.15) is 13.3 Å². The third-order valence-electron chi connectivity index (χ3n) is 2.46. The lowest BCUT2D eigenvalue weighted by Crippen LogP contribution is -2.54. The summed E-state index contributed by atoms with van der Waals surface area (Å²) >= 11 is 0. The van der Waals surface area contributed by atoms with Gasteiger partial charge in [0, 0.05) is 19.7 Å². The minimum Gasteiger partial charge on any atom is -0.468 e. The fourth-order valence-electron chi connectivity index (χ4n) is 1.52. The van der Waals surface area contributed by atoms with Gasteiger partial charge in [-0.2, -0.15) is 0 Å². The summed E-state index contributed by atoms with van der Waals surface area (Å²) in [5.74, 6) is 0.0730. The Morgan fingerprint density at radius 2 is 2.46 bits per heavy atom. The van der Waals surface area contributed by atoms with E-state index >= 15 is 0 Å². The standard InChI is InChI=1S/C9H17NO3/c1-7(6-11)5-10-4-3-8(10)9(12)13-2/h7-8,11H,3-6H2,1-2H3. The second kappa shape index (κ2) is 4.58. The largest absolute Gasteiger partial charge is 0.468 e. The van der Waals surface area contributed by atoms with Crippen molar-refractivity contribution in [2.75, 3.05) is 26.8 Å². The molecule has 0 aliphatic carbocycles. The molecule has 1 fully saturated rings. The van der Waals surface area contributed by atoms with E-state index in [9.17, 15) is 4.79 Å². The Bertz CT molecular complexity index is 184. The molecule has 0 aromatic carbocycles. The van der Waals surface area contributed by atoms with Crippen LogP contribution in [0.5, 0.6) is 0 Å². The molecule has 0 saturated carbocycles. The predicted molar refractivity (Wildman–Crippen MR) is 48.2 cm³/mol. The summed E-state index contributed by atoms with van der Waals surface area (Å²) in [6, 6.07) is -0.0704. The maximum atomic E-state index is 11.1. The molecular weight excluding hydrogens is 170 g/mol. The molecular formula is C9H17NO3. The molecule has 13 heavy (non-hydrogen) atoms. The smallest absolute Gasteiger partial charge is 0.323 e. The van der Waals surface area contributed by atoms with Crippen LogP contribution < -0.4 is 0 Å². The molecule has 4 nitrogen and oxygen atoms in total. The van der Waals surface area contributed by atoms with Crippen LogP contribution in [0, 0.1) is 5.92 Å². The van der Waals surface area contributed by atoms with Crippen LogP contribution >= 0.6 is 0 Å². The first kappa shape index (κ1) is 10.5. The Morgan fingerprint density at radius 1 is 1.77 bits per heavy atom. The Labute approximate surface area is 78.5 Å². The van der Waals surface area contributed by atoms with Crippen LogP contribution in [0.3, 0.4) is 0 Å². The highest BCUT2D eigenvalue weighted by molar-refractivity contribution is 5.76. The minimum atomic E-state index is -0.156. The van der Waals surface area contributed by atoms with Gasteiger partial charge in [0.05, 0.1) is 7.11 Å². The zero-order valence-corrected chi connectivity index (χ0v) is 8.19. The monoisotopic (exact) mass is 187 g/mol. The zero-order chi connectivity index (χ0) is 9.84. The molecule has 4 heteroatoms. The molecule has 76 valence electrons. The van der Waals surface area contributed by atoms with E-state index in [1.807, 2.05) is 11.8 Å². The summed E-state index contributed by atoms with van der Waals surface area (Å²) in [5, 5.41) is 8.84. The van der Waals surface area contributed by atoms with E-state index in [1.54, 1.807) is 0 Å². The van der Waals surface area contributed by atoms with Gasteiger partial charge in [0.25, 0.3) is 0 Å². The Kier molecular flexibility index (Phi) is 3.69. The van der Waals surface area contributed by atoms with E-state index in [4.69, 9.17) is 5.11 Å². The number of methoxy groups -OCH3 is 1. The van der Waals surface area contributed by atoms with E-state index in [-0.39, 0.29) is 24.5 Å². The van der Waals surface area contributed by atoms with Gasteiger partial charge in [-0.3, -0.25) is 9.69 Å². The van der Waals surface area contributed by atoms with Crippen LogP contribution in [0.2, 0.25) is 0 Å². The molecule has 0 bridgehead atoms. The summed E-state index contributed by atoms with van der Waals surface area (Å²) in [7, 11) is 1.41. The minimum absolute atomic E-state index is 0.0704. The third-order valence-corrected chi connectivity index (χ3v) is 2.46. The van der Waals surface area contributed by atoms with Gasteiger partial charge >= 0.3 is 5.97 Å². The Balaban J connectivity index is 2.32. The van der Waals surface area contributed by atoms with Gasteiger partial charge in [-0.05, 0) is 12.3 Å².